The van der Waals surface area contributed by atoms with Gasteiger partial charge >= 0.3 is 5.97 Å². The number of para-hydroxylation sites is 1. The number of hydrogen-bond donors (Lipinski definition) is 2. The number of fused-ring (bicyclic) bond motifs is 1. The molecule has 0 saturated carbocycles. The van der Waals surface area contributed by atoms with Crippen LogP contribution in [0.25, 0.3) is 10.8 Å². The Bertz CT molecular complexity index is 1010. The van der Waals surface area contributed by atoms with Gasteiger partial charge in [0, 0.05) is 11.1 Å². The Kier molecular flexibility index (Phi) is 4.30. The molecule has 1 heterocycles. The summed E-state index contributed by atoms with van der Waals surface area (Å²) in [6.07, 6.45) is 0. The average molecular weight is 337 g/mol. The van der Waals surface area contributed by atoms with Crippen LogP contribution in [0.5, 0.6) is 0 Å². The van der Waals surface area contributed by atoms with Gasteiger partial charge in [0.2, 0.25) is 5.91 Å². The molecule has 1 atom stereocenters. The normalized spacial score (nSPS) is 11.9. The zero-order valence-electron chi connectivity index (χ0n) is 13.3. The number of nitrogens with zero attached hydrogens (tertiary/aromatic N) is 2. The second-order valence-corrected chi connectivity index (χ2v) is 5.48. The van der Waals surface area contributed by atoms with Gasteiger partial charge in [-0.05, 0) is 25.1 Å². The van der Waals surface area contributed by atoms with Crippen molar-refractivity contribution in [2.45, 2.75) is 13.0 Å². The molecule has 0 aliphatic carbocycles. The number of carbonyl (C=O) groups excluding carboxylic acids is 1. The highest BCUT2D eigenvalue weighted by Gasteiger charge is 2.22. The lowest BCUT2D eigenvalue weighted by Crippen LogP contribution is -2.34. The van der Waals surface area contributed by atoms with Crippen molar-refractivity contribution in [2.75, 3.05) is 5.32 Å². The highest BCUT2D eigenvalue weighted by Crippen LogP contribution is 2.16. The third-order valence-electron chi connectivity index (χ3n) is 3.82. The third kappa shape index (κ3) is 3.12. The lowest BCUT2D eigenvalue weighted by Gasteiger charge is -2.15. The molecule has 126 valence electrons. The van der Waals surface area contributed by atoms with Gasteiger partial charge in [-0.3, -0.25) is 9.59 Å². The summed E-state index contributed by atoms with van der Waals surface area (Å²) in [7, 11) is 0. The minimum Gasteiger partial charge on any atom is -0.476 e. The molecular weight excluding hydrogens is 322 g/mol. The van der Waals surface area contributed by atoms with Crippen LogP contribution in [0.4, 0.5) is 5.69 Å². The summed E-state index contributed by atoms with van der Waals surface area (Å²) >= 11 is 0. The molecule has 1 aromatic heterocycles. The van der Waals surface area contributed by atoms with Crippen LogP contribution in [0.15, 0.2) is 59.4 Å². The van der Waals surface area contributed by atoms with E-state index < -0.39 is 23.5 Å². The molecule has 0 aliphatic rings. The first-order valence-corrected chi connectivity index (χ1v) is 7.60. The maximum Gasteiger partial charge on any atom is 0.357 e. The lowest BCUT2D eigenvalue weighted by molar-refractivity contribution is -0.119. The van der Waals surface area contributed by atoms with Crippen molar-refractivity contribution in [3.05, 3.63) is 70.6 Å². The summed E-state index contributed by atoms with van der Waals surface area (Å²) in [5.74, 6) is -1.73. The number of aromatic nitrogens is 2. The van der Waals surface area contributed by atoms with E-state index in [1.807, 2.05) is 6.07 Å². The van der Waals surface area contributed by atoms with Crippen LogP contribution in [0.1, 0.15) is 23.5 Å². The van der Waals surface area contributed by atoms with Gasteiger partial charge < -0.3 is 10.4 Å². The van der Waals surface area contributed by atoms with Gasteiger partial charge in [0.1, 0.15) is 6.04 Å². The minimum atomic E-state index is -1.26. The van der Waals surface area contributed by atoms with Crippen molar-refractivity contribution in [3.8, 4) is 0 Å². The smallest absolute Gasteiger partial charge is 0.357 e. The third-order valence-corrected chi connectivity index (χ3v) is 3.82. The van der Waals surface area contributed by atoms with Crippen LogP contribution in [0, 0.1) is 0 Å². The summed E-state index contributed by atoms with van der Waals surface area (Å²) in [6, 6.07) is 14.1. The van der Waals surface area contributed by atoms with E-state index in [0.29, 0.717) is 5.69 Å². The summed E-state index contributed by atoms with van der Waals surface area (Å²) in [6.45, 7) is 1.49. The number of carboxylic acid groups (broad SMARTS) is 1. The monoisotopic (exact) mass is 337 g/mol. The second kappa shape index (κ2) is 6.56. The Hall–Kier alpha value is -3.48. The maximum absolute atomic E-state index is 12.6. The highest BCUT2D eigenvalue weighted by molar-refractivity contribution is 6.01. The van der Waals surface area contributed by atoms with E-state index in [1.165, 1.54) is 19.1 Å². The predicted octanol–water partition coefficient (Wildman–Crippen LogP) is 2.29. The summed E-state index contributed by atoms with van der Waals surface area (Å²) in [4.78, 5) is 36.5. The quantitative estimate of drug-likeness (QED) is 0.760. The Morgan fingerprint density at radius 1 is 1.04 bits per heavy atom. The topological polar surface area (TPSA) is 101 Å². The molecule has 0 spiro atoms. The standard InChI is InChI=1S/C18H15N3O4/c1-11(16(22)19-12-7-3-2-4-8-12)21-17(23)14-10-6-5-9-13(14)15(20-21)18(24)25/h2-11H,1H3,(H,19,22)(H,24,25). The Morgan fingerprint density at radius 3 is 2.28 bits per heavy atom. The fraction of sp³-hybridized carbons (Fsp3) is 0.111. The average Bonchev–Trinajstić information content (AvgIpc) is 2.62. The molecule has 2 N–H and O–H groups in total. The number of aromatic carboxylic acids is 1. The molecule has 3 rings (SSSR count). The van der Waals surface area contributed by atoms with Crippen molar-refractivity contribution in [1.29, 1.82) is 0 Å². The lowest BCUT2D eigenvalue weighted by atomic mass is 10.1. The molecule has 25 heavy (non-hydrogen) atoms. The molecule has 2 aromatic carbocycles. The van der Waals surface area contributed by atoms with E-state index >= 15 is 0 Å². The van der Waals surface area contributed by atoms with Crippen molar-refractivity contribution in [3.63, 3.8) is 0 Å². The first-order chi connectivity index (χ1) is 12.0. The molecule has 7 nitrogen and oxygen atoms in total. The second-order valence-electron chi connectivity index (χ2n) is 5.48. The fourth-order valence-electron chi connectivity index (χ4n) is 2.51. The van der Waals surface area contributed by atoms with Crippen LogP contribution in [0.3, 0.4) is 0 Å². The number of amides is 1. The Balaban J connectivity index is 2.05. The van der Waals surface area contributed by atoms with Gasteiger partial charge in [-0.1, -0.05) is 36.4 Å². The van der Waals surface area contributed by atoms with Gasteiger partial charge in [-0.2, -0.15) is 5.10 Å². The van der Waals surface area contributed by atoms with E-state index in [0.717, 1.165) is 4.68 Å². The highest BCUT2D eigenvalue weighted by atomic mass is 16.4. The van der Waals surface area contributed by atoms with Gasteiger partial charge in [0.25, 0.3) is 5.56 Å². The van der Waals surface area contributed by atoms with Crippen LogP contribution in [0.2, 0.25) is 0 Å². The Labute approximate surface area is 142 Å². The van der Waals surface area contributed by atoms with Crippen molar-refractivity contribution in [1.82, 2.24) is 9.78 Å². The van der Waals surface area contributed by atoms with Crippen LogP contribution in [-0.4, -0.2) is 26.8 Å². The van der Waals surface area contributed by atoms with Gasteiger partial charge in [0.15, 0.2) is 5.69 Å². The molecule has 1 amide bonds. The largest absolute Gasteiger partial charge is 0.476 e. The number of rotatable bonds is 4. The molecule has 1 unspecified atom stereocenters. The first-order valence-electron chi connectivity index (χ1n) is 7.60. The van der Waals surface area contributed by atoms with Gasteiger partial charge in [0.05, 0.1) is 5.39 Å². The predicted molar refractivity (Wildman–Crippen MR) is 92.7 cm³/mol. The van der Waals surface area contributed by atoms with Crippen molar-refractivity contribution >= 4 is 28.3 Å². The van der Waals surface area contributed by atoms with E-state index in [4.69, 9.17) is 0 Å². The van der Waals surface area contributed by atoms with Crippen molar-refractivity contribution < 1.29 is 14.7 Å². The zero-order chi connectivity index (χ0) is 18.0. The van der Waals surface area contributed by atoms with Crippen LogP contribution >= 0.6 is 0 Å². The zero-order valence-corrected chi connectivity index (χ0v) is 13.3. The SMILES string of the molecule is CC(C(=O)Nc1ccccc1)n1nc(C(=O)O)c2ccccc2c1=O. The molecule has 0 fully saturated rings. The summed E-state index contributed by atoms with van der Waals surface area (Å²) in [5.41, 5.74) is -0.211. The van der Waals surface area contributed by atoms with Crippen molar-refractivity contribution in [2.24, 2.45) is 0 Å². The maximum atomic E-state index is 12.6. The van der Waals surface area contributed by atoms with E-state index in [9.17, 15) is 19.5 Å². The van der Waals surface area contributed by atoms with Crippen LogP contribution < -0.4 is 10.9 Å². The van der Waals surface area contributed by atoms with Crippen LogP contribution in [-0.2, 0) is 4.79 Å². The molecule has 7 heteroatoms. The summed E-state index contributed by atoms with van der Waals surface area (Å²) < 4.78 is 0.907. The molecule has 0 bridgehead atoms. The number of nitrogens with one attached hydrogen (secondary N) is 1. The van der Waals surface area contributed by atoms with E-state index in [1.54, 1.807) is 36.4 Å². The van der Waals surface area contributed by atoms with Gasteiger partial charge in [-0.25, -0.2) is 9.48 Å². The minimum absolute atomic E-state index is 0.203. The number of carboxylic acids is 1. The number of carbonyl (C=O) groups is 2. The summed E-state index contributed by atoms with van der Waals surface area (Å²) in [5, 5.41) is 16.4. The van der Waals surface area contributed by atoms with Gasteiger partial charge in [-0.15, -0.1) is 0 Å². The Morgan fingerprint density at radius 2 is 1.64 bits per heavy atom. The number of anilines is 1. The molecule has 3 aromatic rings. The molecular formula is C18H15N3O4. The van der Waals surface area contributed by atoms with E-state index in [2.05, 4.69) is 10.4 Å². The fourth-order valence-corrected chi connectivity index (χ4v) is 2.51. The molecule has 0 radical (unpaired) electrons. The number of hydrogen-bond acceptors (Lipinski definition) is 4. The first kappa shape index (κ1) is 16.4. The van der Waals surface area contributed by atoms with E-state index in [-0.39, 0.29) is 16.5 Å². The molecule has 0 aliphatic heterocycles. The number of benzene rings is 2. The molecule has 0 saturated heterocycles.